The van der Waals surface area contributed by atoms with E-state index < -0.39 is 35.8 Å². The second-order valence-electron chi connectivity index (χ2n) is 5.09. The lowest BCUT2D eigenvalue weighted by atomic mass is 10.1. The molecule has 0 fully saturated rings. The molecule has 0 aliphatic heterocycles. The summed E-state index contributed by atoms with van der Waals surface area (Å²) in [6, 6.07) is 8.63. The second kappa shape index (κ2) is 7.04. The predicted octanol–water partition coefficient (Wildman–Crippen LogP) is 4.41. The fourth-order valence-corrected chi connectivity index (χ4v) is 2.06. The summed E-state index contributed by atoms with van der Waals surface area (Å²) < 4.78 is 76.3. The van der Waals surface area contributed by atoms with Crippen molar-refractivity contribution in [3.63, 3.8) is 0 Å². The second-order valence-corrected chi connectivity index (χ2v) is 5.09. The van der Waals surface area contributed by atoms with E-state index in [0.717, 1.165) is 30.3 Å². The molecule has 0 atom stereocenters. The number of nitrogens with one attached hydrogen (secondary N) is 2. The zero-order chi connectivity index (χ0) is 18.7. The van der Waals surface area contributed by atoms with Crippen LogP contribution < -0.4 is 10.9 Å². The molecular weight excluding hydrogens is 350 g/mol. The lowest BCUT2D eigenvalue weighted by Gasteiger charge is -2.15. The van der Waals surface area contributed by atoms with Gasteiger partial charge in [-0.3, -0.25) is 15.6 Å². The molecule has 0 aliphatic rings. The van der Waals surface area contributed by atoms with Crippen LogP contribution in [0.5, 0.6) is 0 Å². The normalized spacial score (nSPS) is 11.9. The van der Waals surface area contributed by atoms with Gasteiger partial charge in [-0.2, -0.15) is 26.3 Å². The average Bonchev–Trinajstić information content (AvgIpc) is 2.52. The summed E-state index contributed by atoms with van der Waals surface area (Å²) in [5.41, 5.74) is 2.02. The summed E-state index contributed by atoms with van der Waals surface area (Å²) in [6.07, 6.45) is -9.59. The van der Waals surface area contributed by atoms with Gasteiger partial charge < -0.3 is 0 Å². The lowest BCUT2D eigenvalue weighted by Crippen LogP contribution is -2.31. The summed E-state index contributed by atoms with van der Waals surface area (Å²) in [5.74, 6) is -0.781. The molecular formula is C16H12F6N2O. The molecule has 25 heavy (non-hydrogen) atoms. The minimum atomic E-state index is -4.62. The molecule has 0 bridgehead atoms. The van der Waals surface area contributed by atoms with E-state index in [2.05, 4.69) is 5.43 Å². The number of hydrogen-bond donors (Lipinski definition) is 2. The molecule has 0 heterocycles. The maximum Gasteiger partial charge on any atom is 0.418 e. The van der Waals surface area contributed by atoms with Crippen LogP contribution in [0.1, 0.15) is 16.7 Å². The Morgan fingerprint density at radius 2 is 1.56 bits per heavy atom. The lowest BCUT2D eigenvalue weighted by molar-refractivity contribution is -0.138. The van der Waals surface area contributed by atoms with E-state index in [9.17, 15) is 31.1 Å². The van der Waals surface area contributed by atoms with Gasteiger partial charge in [0.15, 0.2) is 0 Å². The van der Waals surface area contributed by atoms with Gasteiger partial charge in [0.1, 0.15) is 0 Å². The Bertz CT molecular complexity index is 755. The van der Waals surface area contributed by atoms with Crippen molar-refractivity contribution >= 4 is 11.6 Å². The van der Waals surface area contributed by atoms with Gasteiger partial charge >= 0.3 is 12.4 Å². The summed E-state index contributed by atoms with van der Waals surface area (Å²) in [6.45, 7) is 0. The van der Waals surface area contributed by atoms with Crippen molar-refractivity contribution in [3.05, 3.63) is 65.2 Å². The highest BCUT2D eigenvalue weighted by Gasteiger charge is 2.33. The zero-order valence-electron chi connectivity index (χ0n) is 12.5. The van der Waals surface area contributed by atoms with Crippen molar-refractivity contribution in [2.24, 2.45) is 0 Å². The van der Waals surface area contributed by atoms with Gasteiger partial charge in [0, 0.05) is 0 Å². The number of amides is 1. The number of halogens is 6. The zero-order valence-corrected chi connectivity index (χ0v) is 12.5. The molecule has 2 aromatic rings. The Morgan fingerprint density at radius 1 is 0.880 bits per heavy atom. The Morgan fingerprint density at radius 3 is 2.20 bits per heavy atom. The van der Waals surface area contributed by atoms with Gasteiger partial charge in [0.2, 0.25) is 5.91 Å². The molecule has 2 aromatic carbocycles. The highest BCUT2D eigenvalue weighted by Crippen LogP contribution is 2.34. The van der Waals surface area contributed by atoms with E-state index in [4.69, 9.17) is 0 Å². The van der Waals surface area contributed by atoms with Gasteiger partial charge in [-0.25, -0.2) is 0 Å². The number of carbonyl (C=O) groups excluding carboxylic acids is 1. The van der Waals surface area contributed by atoms with E-state index in [1.165, 1.54) is 18.2 Å². The summed E-state index contributed by atoms with van der Waals surface area (Å²) >= 11 is 0. The van der Waals surface area contributed by atoms with E-state index >= 15 is 0 Å². The Labute approximate surface area is 138 Å². The van der Waals surface area contributed by atoms with Crippen LogP contribution in [0, 0.1) is 0 Å². The number of hydrogen-bond acceptors (Lipinski definition) is 2. The molecule has 1 amide bonds. The van der Waals surface area contributed by atoms with Crippen LogP contribution in [0.25, 0.3) is 0 Å². The van der Waals surface area contributed by atoms with Crippen LogP contribution in [-0.4, -0.2) is 5.91 Å². The summed E-state index contributed by atoms with van der Waals surface area (Å²) in [7, 11) is 0. The molecule has 0 aliphatic carbocycles. The number of carbonyl (C=O) groups is 1. The number of hydrazine groups is 1. The molecule has 2 rings (SSSR count). The number of para-hydroxylation sites is 1. The minimum absolute atomic E-state index is 0.0817. The van der Waals surface area contributed by atoms with Crippen LogP contribution in [0.3, 0.4) is 0 Å². The van der Waals surface area contributed by atoms with Gasteiger partial charge in [-0.15, -0.1) is 0 Å². The number of alkyl halides is 6. The first-order valence-corrected chi connectivity index (χ1v) is 6.94. The van der Waals surface area contributed by atoms with E-state index in [1.807, 2.05) is 5.43 Å². The quantitative estimate of drug-likeness (QED) is 0.625. The maximum atomic E-state index is 12.8. The van der Waals surface area contributed by atoms with E-state index in [1.54, 1.807) is 0 Å². The van der Waals surface area contributed by atoms with Crippen molar-refractivity contribution < 1.29 is 31.1 Å². The predicted molar refractivity (Wildman–Crippen MR) is 78.4 cm³/mol. The van der Waals surface area contributed by atoms with E-state index in [-0.39, 0.29) is 11.3 Å². The first kappa shape index (κ1) is 18.6. The third-order valence-corrected chi connectivity index (χ3v) is 3.19. The molecule has 0 saturated carbocycles. The number of rotatable bonds is 4. The highest BCUT2D eigenvalue weighted by molar-refractivity contribution is 5.80. The molecule has 134 valence electrons. The van der Waals surface area contributed by atoms with Crippen LogP contribution in [0.15, 0.2) is 48.5 Å². The molecule has 2 N–H and O–H groups in total. The van der Waals surface area contributed by atoms with Gasteiger partial charge in [-0.1, -0.05) is 30.3 Å². The summed E-state index contributed by atoms with van der Waals surface area (Å²) in [5, 5.41) is 0. The third-order valence-electron chi connectivity index (χ3n) is 3.19. The van der Waals surface area contributed by atoms with Crippen molar-refractivity contribution in [2.75, 3.05) is 5.43 Å². The smallest absolute Gasteiger partial charge is 0.298 e. The van der Waals surface area contributed by atoms with Crippen LogP contribution in [-0.2, 0) is 23.6 Å². The molecule has 0 spiro atoms. The average molecular weight is 362 g/mol. The number of anilines is 1. The standard InChI is InChI=1S/C16H12F6N2O/c17-15(18,19)11-5-3-4-10(8-11)9-14(25)24-23-13-7-2-1-6-12(13)16(20,21)22/h1-8,23H,9H2,(H,24,25). The topological polar surface area (TPSA) is 41.1 Å². The van der Waals surface area contributed by atoms with Crippen molar-refractivity contribution in [3.8, 4) is 0 Å². The first-order chi connectivity index (χ1) is 11.6. The third kappa shape index (κ3) is 5.13. The van der Waals surface area contributed by atoms with Gasteiger partial charge in [0.05, 0.1) is 23.2 Å². The molecule has 9 heteroatoms. The first-order valence-electron chi connectivity index (χ1n) is 6.94. The monoisotopic (exact) mass is 362 g/mol. The Kier molecular flexibility index (Phi) is 5.24. The van der Waals surface area contributed by atoms with Crippen LogP contribution in [0.2, 0.25) is 0 Å². The molecule has 0 unspecified atom stereocenters. The maximum absolute atomic E-state index is 12.8. The molecule has 0 saturated heterocycles. The largest absolute Gasteiger partial charge is 0.418 e. The summed E-state index contributed by atoms with van der Waals surface area (Å²) in [4.78, 5) is 11.8. The van der Waals surface area contributed by atoms with Crippen molar-refractivity contribution in [1.29, 1.82) is 0 Å². The Hall–Kier alpha value is -2.71. The fraction of sp³-hybridized carbons (Fsp3) is 0.188. The SMILES string of the molecule is O=C(Cc1cccc(C(F)(F)F)c1)NNc1ccccc1C(F)(F)F. The molecule has 0 radical (unpaired) electrons. The van der Waals surface area contributed by atoms with Gasteiger partial charge in [-0.05, 0) is 23.8 Å². The van der Waals surface area contributed by atoms with E-state index in [0.29, 0.717) is 0 Å². The Balaban J connectivity index is 2.03. The molecule has 0 aromatic heterocycles. The van der Waals surface area contributed by atoms with Crippen molar-refractivity contribution in [1.82, 2.24) is 5.43 Å². The van der Waals surface area contributed by atoms with Gasteiger partial charge in [0.25, 0.3) is 0 Å². The number of benzene rings is 2. The fourth-order valence-electron chi connectivity index (χ4n) is 2.06. The van der Waals surface area contributed by atoms with Crippen molar-refractivity contribution in [2.45, 2.75) is 18.8 Å². The molecule has 3 nitrogen and oxygen atoms in total. The highest BCUT2D eigenvalue weighted by atomic mass is 19.4. The van der Waals surface area contributed by atoms with Crippen LogP contribution >= 0.6 is 0 Å². The van der Waals surface area contributed by atoms with Crippen LogP contribution in [0.4, 0.5) is 32.0 Å². The minimum Gasteiger partial charge on any atom is -0.298 e.